The Morgan fingerprint density at radius 2 is 1.95 bits per heavy atom. The number of pyridine rings is 1. The molecule has 0 atom stereocenters. The number of halogens is 2. The van der Waals surface area contributed by atoms with Crippen LogP contribution in [-0.2, 0) is 0 Å². The quantitative estimate of drug-likeness (QED) is 0.796. The third-order valence-electron chi connectivity index (χ3n) is 2.48. The van der Waals surface area contributed by atoms with Crippen molar-refractivity contribution < 1.29 is 18.3 Å². The Labute approximate surface area is 108 Å². The number of carbonyl (C=O) groups excluding carboxylic acids is 1. The molecule has 0 amide bonds. The SMILES string of the molecule is CCOc1cncc(C(=O)c2c(F)cccc2F)c1. The predicted molar refractivity (Wildman–Crippen MR) is 65.2 cm³/mol. The lowest BCUT2D eigenvalue weighted by molar-refractivity contribution is 0.103. The normalized spacial score (nSPS) is 10.3. The Kier molecular flexibility index (Phi) is 3.85. The standard InChI is InChI=1S/C14H11F2NO2/c1-2-19-10-6-9(7-17-8-10)14(18)13-11(15)4-3-5-12(13)16/h3-8H,2H2,1H3. The van der Waals surface area contributed by atoms with Crippen LogP contribution in [0.5, 0.6) is 5.75 Å². The largest absolute Gasteiger partial charge is 0.492 e. The molecule has 98 valence electrons. The van der Waals surface area contributed by atoms with Gasteiger partial charge in [0.15, 0.2) is 0 Å². The summed E-state index contributed by atoms with van der Waals surface area (Å²) in [5, 5.41) is 0. The van der Waals surface area contributed by atoms with E-state index in [1.807, 2.05) is 0 Å². The van der Waals surface area contributed by atoms with Gasteiger partial charge in [-0.05, 0) is 25.1 Å². The molecule has 5 heteroatoms. The summed E-state index contributed by atoms with van der Waals surface area (Å²) in [6.07, 6.45) is 2.68. The maximum Gasteiger partial charge on any atom is 0.200 e. The summed E-state index contributed by atoms with van der Waals surface area (Å²) in [5.41, 5.74) is -0.507. The molecule has 1 aromatic heterocycles. The minimum atomic E-state index is -0.896. The van der Waals surface area contributed by atoms with Gasteiger partial charge in [-0.1, -0.05) is 6.07 Å². The first-order chi connectivity index (χ1) is 9.13. The lowest BCUT2D eigenvalue weighted by Gasteiger charge is -2.06. The summed E-state index contributed by atoms with van der Waals surface area (Å²) >= 11 is 0. The highest BCUT2D eigenvalue weighted by atomic mass is 19.1. The summed E-state index contributed by atoms with van der Waals surface area (Å²) in [4.78, 5) is 15.9. The Balaban J connectivity index is 2.41. The number of nitrogens with zero attached hydrogens (tertiary/aromatic N) is 1. The van der Waals surface area contributed by atoms with Gasteiger partial charge in [-0.2, -0.15) is 0 Å². The van der Waals surface area contributed by atoms with Crippen LogP contribution in [0.25, 0.3) is 0 Å². The second-order valence-electron chi connectivity index (χ2n) is 3.77. The summed E-state index contributed by atoms with van der Waals surface area (Å²) in [6.45, 7) is 2.19. The molecule has 2 rings (SSSR count). The molecular weight excluding hydrogens is 252 g/mol. The lowest BCUT2D eigenvalue weighted by atomic mass is 10.0. The Morgan fingerprint density at radius 3 is 2.58 bits per heavy atom. The highest BCUT2D eigenvalue weighted by Crippen LogP contribution is 2.19. The third kappa shape index (κ3) is 2.76. The van der Waals surface area contributed by atoms with Gasteiger partial charge in [0.25, 0.3) is 0 Å². The zero-order valence-electron chi connectivity index (χ0n) is 10.2. The molecule has 1 heterocycles. The Bertz CT molecular complexity index is 594. The van der Waals surface area contributed by atoms with Crippen LogP contribution in [0.3, 0.4) is 0 Å². The van der Waals surface area contributed by atoms with Crippen LogP contribution in [-0.4, -0.2) is 17.4 Å². The highest BCUT2D eigenvalue weighted by molar-refractivity contribution is 6.09. The van der Waals surface area contributed by atoms with Gasteiger partial charge >= 0.3 is 0 Å². The summed E-state index contributed by atoms with van der Waals surface area (Å²) in [7, 11) is 0. The number of ketones is 1. The van der Waals surface area contributed by atoms with Crippen molar-refractivity contribution in [3.05, 3.63) is 59.4 Å². The van der Waals surface area contributed by atoms with Gasteiger partial charge < -0.3 is 4.74 Å². The van der Waals surface area contributed by atoms with E-state index in [2.05, 4.69) is 4.98 Å². The number of rotatable bonds is 4. The molecule has 0 aliphatic heterocycles. The van der Waals surface area contributed by atoms with Crippen molar-refractivity contribution >= 4 is 5.78 Å². The predicted octanol–water partition coefficient (Wildman–Crippen LogP) is 2.99. The van der Waals surface area contributed by atoms with E-state index in [1.54, 1.807) is 6.92 Å². The van der Waals surface area contributed by atoms with Gasteiger partial charge in [-0.3, -0.25) is 9.78 Å². The number of benzene rings is 1. The van der Waals surface area contributed by atoms with E-state index in [9.17, 15) is 13.6 Å². The lowest BCUT2D eigenvalue weighted by Crippen LogP contribution is -2.08. The number of aromatic nitrogens is 1. The van der Waals surface area contributed by atoms with E-state index in [0.29, 0.717) is 12.4 Å². The average molecular weight is 263 g/mol. The van der Waals surface area contributed by atoms with Gasteiger partial charge in [0.1, 0.15) is 17.4 Å². The number of ether oxygens (including phenoxy) is 1. The monoisotopic (exact) mass is 263 g/mol. The number of hydrogen-bond acceptors (Lipinski definition) is 3. The number of carbonyl (C=O) groups is 1. The molecule has 3 nitrogen and oxygen atoms in total. The van der Waals surface area contributed by atoms with Gasteiger partial charge in [-0.25, -0.2) is 8.78 Å². The van der Waals surface area contributed by atoms with Crippen molar-refractivity contribution in [3.63, 3.8) is 0 Å². The van der Waals surface area contributed by atoms with Crippen LogP contribution in [0.15, 0.2) is 36.7 Å². The van der Waals surface area contributed by atoms with Gasteiger partial charge in [0.2, 0.25) is 5.78 Å². The molecule has 0 unspecified atom stereocenters. The van der Waals surface area contributed by atoms with Crippen molar-refractivity contribution in [2.75, 3.05) is 6.61 Å². The minimum Gasteiger partial charge on any atom is -0.492 e. The first kappa shape index (κ1) is 13.1. The Morgan fingerprint density at radius 1 is 1.26 bits per heavy atom. The molecule has 2 aromatic rings. The third-order valence-corrected chi connectivity index (χ3v) is 2.48. The summed E-state index contributed by atoms with van der Waals surface area (Å²) in [6, 6.07) is 4.69. The fourth-order valence-electron chi connectivity index (χ4n) is 1.65. The summed E-state index contributed by atoms with van der Waals surface area (Å²) in [5.74, 6) is -2.17. The molecule has 0 saturated carbocycles. The molecule has 0 N–H and O–H groups in total. The molecule has 19 heavy (non-hydrogen) atoms. The zero-order chi connectivity index (χ0) is 13.8. The van der Waals surface area contributed by atoms with Crippen molar-refractivity contribution in [2.24, 2.45) is 0 Å². The minimum absolute atomic E-state index is 0.0787. The fourth-order valence-corrected chi connectivity index (χ4v) is 1.65. The summed E-state index contributed by atoms with van der Waals surface area (Å²) < 4.78 is 32.2. The molecule has 0 radical (unpaired) electrons. The molecule has 0 fully saturated rings. The van der Waals surface area contributed by atoms with Gasteiger partial charge in [0, 0.05) is 11.8 Å². The van der Waals surface area contributed by atoms with Gasteiger partial charge in [0.05, 0.1) is 18.4 Å². The Hall–Kier alpha value is -2.30. The molecule has 1 aromatic carbocycles. The van der Waals surface area contributed by atoms with Crippen molar-refractivity contribution in [1.82, 2.24) is 4.98 Å². The molecule has 0 aliphatic rings. The van der Waals surface area contributed by atoms with E-state index in [-0.39, 0.29) is 5.56 Å². The molecular formula is C14H11F2NO2. The zero-order valence-corrected chi connectivity index (χ0v) is 10.2. The first-order valence-electron chi connectivity index (χ1n) is 5.70. The van der Waals surface area contributed by atoms with Crippen molar-refractivity contribution in [3.8, 4) is 5.75 Å². The average Bonchev–Trinajstić information content (AvgIpc) is 2.39. The van der Waals surface area contributed by atoms with Gasteiger partial charge in [-0.15, -0.1) is 0 Å². The van der Waals surface area contributed by atoms with Crippen LogP contribution < -0.4 is 4.74 Å². The van der Waals surface area contributed by atoms with Crippen LogP contribution in [0.1, 0.15) is 22.8 Å². The second kappa shape index (κ2) is 5.56. The van der Waals surface area contributed by atoms with Crippen molar-refractivity contribution in [2.45, 2.75) is 6.92 Å². The molecule has 0 bridgehead atoms. The maximum absolute atomic E-state index is 13.5. The van der Waals surface area contributed by atoms with Crippen LogP contribution >= 0.6 is 0 Å². The maximum atomic E-state index is 13.5. The van der Waals surface area contributed by atoms with E-state index in [0.717, 1.165) is 12.1 Å². The van der Waals surface area contributed by atoms with Crippen LogP contribution in [0, 0.1) is 11.6 Å². The molecule has 0 spiro atoms. The van der Waals surface area contributed by atoms with Crippen LogP contribution in [0.4, 0.5) is 8.78 Å². The van der Waals surface area contributed by atoms with E-state index in [4.69, 9.17) is 4.74 Å². The molecule has 0 saturated heterocycles. The van der Waals surface area contributed by atoms with Crippen LogP contribution in [0.2, 0.25) is 0 Å². The topological polar surface area (TPSA) is 39.2 Å². The van der Waals surface area contributed by atoms with E-state index < -0.39 is 23.0 Å². The number of hydrogen-bond donors (Lipinski definition) is 0. The van der Waals surface area contributed by atoms with E-state index in [1.165, 1.54) is 24.5 Å². The second-order valence-corrected chi connectivity index (χ2v) is 3.77. The molecule has 0 aliphatic carbocycles. The fraction of sp³-hybridized carbons (Fsp3) is 0.143. The van der Waals surface area contributed by atoms with Crippen molar-refractivity contribution in [1.29, 1.82) is 0 Å². The first-order valence-corrected chi connectivity index (χ1v) is 5.70. The highest BCUT2D eigenvalue weighted by Gasteiger charge is 2.19. The van der Waals surface area contributed by atoms with E-state index >= 15 is 0 Å². The smallest absolute Gasteiger partial charge is 0.200 e.